The Kier molecular flexibility index (Phi) is 7.62. The number of benzene rings is 6. The minimum absolute atomic E-state index is 0.582. The smallest absolute Gasteiger partial charge is 0.135 e. The van der Waals surface area contributed by atoms with E-state index in [0.29, 0.717) is 11.8 Å². The van der Waals surface area contributed by atoms with Crippen LogP contribution in [0.15, 0.2) is 210 Å². The highest BCUT2D eigenvalue weighted by Crippen LogP contribution is 2.63. The summed E-state index contributed by atoms with van der Waals surface area (Å²) in [5.41, 5.74) is 24.1. The van der Waals surface area contributed by atoms with Crippen molar-refractivity contribution in [3.8, 4) is 22.3 Å². The summed E-state index contributed by atoms with van der Waals surface area (Å²) in [5, 5.41) is 2.27. The molecule has 1 saturated carbocycles. The van der Waals surface area contributed by atoms with Gasteiger partial charge in [-0.2, -0.15) is 0 Å². The van der Waals surface area contributed by atoms with Crippen LogP contribution in [0.1, 0.15) is 58.1 Å². The molecule has 7 aromatic rings. The monoisotopic (exact) mass is 714 g/mol. The summed E-state index contributed by atoms with van der Waals surface area (Å²) in [6.45, 7) is 4.75. The van der Waals surface area contributed by atoms with Crippen molar-refractivity contribution in [2.75, 3.05) is 0 Å². The molecule has 0 radical (unpaired) electrons. The molecule has 1 heteroatoms. The lowest BCUT2D eigenvalue weighted by Gasteiger charge is -2.22. The van der Waals surface area contributed by atoms with Crippen molar-refractivity contribution in [1.82, 2.24) is 0 Å². The number of allylic oxidation sites excluding steroid dienone is 11. The third kappa shape index (κ3) is 5.40. The number of furan rings is 1. The zero-order chi connectivity index (χ0) is 37.2. The van der Waals surface area contributed by atoms with E-state index in [-0.39, 0.29) is 0 Å². The molecule has 11 rings (SSSR count). The minimum Gasteiger partial charge on any atom is -0.456 e. The van der Waals surface area contributed by atoms with E-state index in [0.717, 1.165) is 56.2 Å². The second kappa shape index (κ2) is 13.1. The molecule has 1 aromatic heterocycles. The normalized spacial score (nSPS) is 18.5. The van der Waals surface area contributed by atoms with E-state index in [2.05, 4.69) is 176 Å². The quantitative estimate of drug-likeness (QED) is 0.156. The van der Waals surface area contributed by atoms with Crippen molar-refractivity contribution in [2.45, 2.75) is 24.7 Å². The number of rotatable bonds is 6. The van der Waals surface area contributed by atoms with Gasteiger partial charge in [0.25, 0.3) is 0 Å². The summed E-state index contributed by atoms with van der Waals surface area (Å²) in [6, 6.07) is 48.3. The Labute approximate surface area is 327 Å². The Bertz CT molecular complexity index is 3030. The summed E-state index contributed by atoms with van der Waals surface area (Å²) < 4.78 is 6.16. The molecular formula is C55H38O. The van der Waals surface area contributed by atoms with Crippen molar-refractivity contribution in [1.29, 1.82) is 0 Å². The highest BCUT2D eigenvalue weighted by molar-refractivity contribution is 6.06. The van der Waals surface area contributed by atoms with E-state index in [1.807, 2.05) is 12.1 Å². The molecule has 1 nitrogen and oxygen atoms in total. The Morgan fingerprint density at radius 3 is 2.34 bits per heavy atom. The molecule has 0 amide bonds. The molecule has 4 aliphatic carbocycles. The number of hydrogen-bond acceptors (Lipinski definition) is 1. The lowest BCUT2D eigenvalue weighted by atomic mass is 9.82. The third-order valence-electron chi connectivity index (χ3n) is 12.1. The van der Waals surface area contributed by atoms with Crippen LogP contribution in [0.2, 0.25) is 0 Å². The van der Waals surface area contributed by atoms with Crippen LogP contribution in [0.25, 0.3) is 60.9 Å². The van der Waals surface area contributed by atoms with Crippen molar-refractivity contribution < 1.29 is 4.42 Å². The van der Waals surface area contributed by atoms with Gasteiger partial charge in [-0.25, -0.2) is 0 Å². The van der Waals surface area contributed by atoms with Crippen molar-refractivity contribution in [3.63, 3.8) is 0 Å². The molecule has 1 fully saturated rings. The summed E-state index contributed by atoms with van der Waals surface area (Å²) >= 11 is 0. The molecule has 2 unspecified atom stereocenters. The number of fused-ring (bicyclic) bond motifs is 9. The van der Waals surface area contributed by atoms with Crippen molar-refractivity contribution >= 4 is 38.7 Å². The highest BCUT2D eigenvalue weighted by atomic mass is 16.3. The molecule has 264 valence electrons. The van der Waals surface area contributed by atoms with Gasteiger partial charge in [-0.15, -0.1) is 5.73 Å². The lowest BCUT2D eigenvalue weighted by molar-refractivity contribution is 0.669. The Hall–Kier alpha value is -6.92. The van der Waals surface area contributed by atoms with Gasteiger partial charge in [-0.05, 0) is 139 Å². The second-order valence-electron chi connectivity index (χ2n) is 15.3. The topological polar surface area (TPSA) is 13.1 Å². The number of para-hydroxylation sites is 1. The van der Waals surface area contributed by atoms with E-state index >= 15 is 0 Å². The molecular weight excluding hydrogens is 677 g/mol. The fourth-order valence-corrected chi connectivity index (χ4v) is 9.31. The van der Waals surface area contributed by atoms with Crippen LogP contribution in [0, 0.1) is 0 Å². The maximum absolute atomic E-state index is 6.16. The van der Waals surface area contributed by atoms with Crippen LogP contribution in [-0.4, -0.2) is 0 Å². The molecule has 2 atom stereocenters. The number of hydrogen-bond donors (Lipinski definition) is 0. The molecule has 0 saturated heterocycles. The van der Waals surface area contributed by atoms with E-state index in [1.165, 1.54) is 62.1 Å². The van der Waals surface area contributed by atoms with Crippen molar-refractivity contribution in [3.05, 3.63) is 239 Å². The standard InChI is InChI=1S/C55H38O/c1-35(36-16-11-17-37(29-28-36)43-25-13-26-48-44-21-6-7-22-45(44)49-34-51(49)55(43)48)42-20-5-8-24-47(42)54(38-14-3-2-4-15-38)41-19-12-18-39(32-41)40-30-31-53-50(33-40)46-23-9-10-27-52(46)56-53/h2-14,16-28,30-33,49,51H,1,15,34H2/b54-38-. The zero-order valence-electron chi connectivity index (χ0n) is 31.0. The van der Waals surface area contributed by atoms with E-state index < -0.39 is 0 Å². The largest absolute Gasteiger partial charge is 0.456 e. The van der Waals surface area contributed by atoms with E-state index in [4.69, 9.17) is 11.0 Å². The highest BCUT2D eigenvalue weighted by Gasteiger charge is 2.46. The predicted molar refractivity (Wildman–Crippen MR) is 234 cm³/mol. The molecule has 4 aliphatic rings. The fourth-order valence-electron chi connectivity index (χ4n) is 9.31. The fraction of sp³-hybridized carbons (Fsp3) is 0.0727. The first-order valence-corrected chi connectivity index (χ1v) is 19.6. The zero-order valence-corrected chi connectivity index (χ0v) is 31.0. The third-order valence-corrected chi connectivity index (χ3v) is 12.1. The Morgan fingerprint density at radius 1 is 0.625 bits per heavy atom. The maximum Gasteiger partial charge on any atom is 0.135 e. The van der Waals surface area contributed by atoms with Gasteiger partial charge in [-0.3, -0.25) is 0 Å². The van der Waals surface area contributed by atoms with Crippen LogP contribution in [0.5, 0.6) is 0 Å². The van der Waals surface area contributed by atoms with Gasteiger partial charge in [0.1, 0.15) is 11.2 Å². The van der Waals surface area contributed by atoms with Gasteiger partial charge in [0.2, 0.25) is 0 Å². The van der Waals surface area contributed by atoms with Crippen LogP contribution < -0.4 is 0 Å². The molecule has 0 N–H and O–H groups in total. The first-order chi connectivity index (χ1) is 27.7. The molecule has 0 bridgehead atoms. The summed E-state index contributed by atoms with van der Waals surface area (Å²) in [6.07, 6.45) is 19.6. The molecule has 6 aromatic carbocycles. The SMILES string of the molecule is C=C(C1=CC=CC(c2cccc3c2C2CC2c2ccccc2-3)=C=C1)c1ccccc1/C(=C1/C=CC=CC1)c1cccc(-c2ccc3oc4ccccc4c3c2)c1. The van der Waals surface area contributed by atoms with Gasteiger partial charge in [0.15, 0.2) is 0 Å². The average molecular weight is 715 g/mol. The first kappa shape index (κ1) is 32.5. The van der Waals surface area contributed by atoms with Gasteiger partial charge in [0.05, 0.1) is 0 Å². The van der Waals surface area contributed by atoms with Crippen LogP contribution in [0.4, 0.5) is 0 Å². The second-order valence-corrected chi connectivity index (χ2v) is 15.3. The summed E-state index contributed by atoms with van der Waals surface area (Å²) in [5.74, 6) is 1.21. The van der Waals surface area contributed by atoms with E-state index in [9.17, 15) is 0 Å². The Balaban J connectivity index is 0.979. The lowest BCUT2D eigenvalue weighted by Crippen LogP contribution is -2.02. The van der Waals surface area contributed by atoms with Crippen LogP contribution in [0.3, 0.4) is 0 Å². The van der Waals surface area contributed by atoms with Crippen molar-refractivity contribution in [2.24, 2.45) is 0 Å². The summed E-state index contributed by atoms with van der Waals surface area (Å²) in [7, 11) is 0. The van der Waals surface area contributed by atoms with Gasteiger partial charge in [0, 0.05) is 16.3 Å². The van der Waals surface area contributed by atoms with E-state index in [1.54, 1.807) is 0 Å². The first-order valence-electron chi connectivity index (χ1n) is 19.6. The maximum atomic E-state index is 6.16. The van der Waals surface area contributed by atoms with Crippen LogP contribution in [-0.2, 0) is 0 Å². The van der Waals surface area contributed by atoms with Crippen LogP contribution >= 0.6 is 0 Å². The molecule has 0 aliphatic heterocycles. The Morgan fingerprint density at radius 2 is 1.41 bits per heavy atom. The van der Waals surface area contributed by atoms with Gasteiger partial charge < -0.3 is 4.42 Å². The van der Waals surface area contributed by atoms with Gasteiger partial charge in [-0.1, -0.05) is 152 Å². The molecule has 1 heterocycles. The summed E-state index contributed by atoms with van der Waals surface area (Å²) in [4.78, 5) is 0. The molecule has 56 heavy (non-hydrogen) atoms. The molecule has 0 spiro atoms. The minimum atomic E-state index is 0.582. The van der Waals surface area contributed by atoms with Gasteiger partial charge >= 0.3 is 0 Å². The predicted octanol–water partition coefficient (Wildman–Crippen LogP) is 14.6. The average Bonchev–Trinajstić information content (AvgIpc) is 4.03.